The summed E-state index contributed by atoms with van der Waals surface area (Å²) in [7, 11) is 1.12. The van der Waals surface area contributed by atoms with Crippen molar-refractivity contribution in [3.8, 4) is 11.5 Å². The van der Waals surface area contributed by atoms with Crippen LogP contribution in [-0.2, 0) is 21.4 Å². The van der Waals surface area contributed by atoms with E-state index < -0.39 is 76.6 Å². The lowest BCUT2D eigenvalue weighted by atomic mass is 9.78. The van der Waals surface area contributed by atoms with E-state index in [1.54, 1.807) is 6.07 Å². The highest BCUT2D eigenvalue weighted by atomic mass is 79.9. The number of hydrogen-bond acceptors (Lipinski definition) is 13. The zero-order chi connectivity index (χ0) is 33.4. The molecular weight excluding hydrogens is 682 g/mol. The van der Waals surface area contributed by atoms with Gasteiger partial charge in [-0.25, -0.2) is 0 Å². The van der Waals surface area contributed by atoms with Crippen molar-refractivity contribution in [2.45, 2.75) is 18.3 Å². The number of aliphatic hydroxyl groups excluding tert-OH is 2. The van der Waals surface area contributed by atoms with Gasteiger partial charge in [-0.05, 0) is 40.4 Å². The largest absolute Gasteiger partial charge is 0.510 e. The third kappa shape index (κ3) is 4.29. The number of nitrogens with zero attached hydrogens (tertiary/aromatic N) is 2. The lowest BCUT2D eigenvalue weighted by molar-refractivity contribution is 0.0214. The number of morpholine rings is 1. The summed E-state index contributed by atoms with van der Waals surface area (Å²) >= 11 is 3.52. The summed E-state index contributed by atoms with van der Waals surface area (Å²) < 4.78 is 10.6. The van der Waals surface area contributed by atoms with E-state index in [0.717, 1.165) is 26.3 Å². The minimum Gasteiger partial charge on any atom is -0.510 e. The molecule has 4 aliphatic carbocycles. The van der Waals surface area contributed by atoms with Crippen LogP contribution in [0, 0.1) is 10.4 Å². The number of aromatic hydroxyl groups is 1. The van der Waals surface area contributed by atoms with Crippen molar-refractivity contribution >= 4 is 44.4 Å². The lowest BCUT2D eigenvalue weighted by Crippen LogP contribution is -2.51. The maximum atomic E-state index is 13.7. The van der Waals surface area contributed by atoms with Crippen LogP contribution in [-0.4, -0.2) is 78.0 Å². The van der Waals surface area contributed by atoms with Crippen LogP contribution in [0.1, 0.15) is 23.2 Å². The molecule has 0 saturated carbocycles. The second-order valence-corrected chi connectivity index (χ2v) is 12.3. The Bertz CT molecular complexity index is 2530. The SMILES string of the molecule is COc1cc(=O)c2c(=O)c3c(c(=O)c=2c1=O)=C(O)[C@]1(CCc2c1c(O)c1c(=O)[nH]c(C=NOCCN4CCOCC4)cc1c2Br)C=3O. The number of halogens is 1. The molecule has 14 nitrogen and oxygen atoms in total. The van der Waals surface area contributed by atoms with Gasteiger partial charge in [0.05, 0.1) is 58.5 Å². The van der Waals surface area contributed by atoms with Crippen molar-refractivity contribution in [3.05, 3.63) is 106 Å². The van der Waals surface area contributed by atoms with Gasteiger partial charge in [-0.2, -0.15) is 0 Å². The topological polar surface area (TPSA) is 205 Å². The number of aromatic nitrogens is 1. The third-order valence-corrected chi connectivity index (χ3v) is 10.2. The maximum absolute atomic E-state index is 13.7. The van der Waals surface area contributed by atoms with E-state index >= 15 is 0 Å². The van der Waals surface area contributed by atoms with Gasteiger partial charge in [-0.3, -0.25) is 28.9 Å². The summed E-state index contributed by atoms with van der Waals surface area (Å²) in [5.41, 5.74) is -6.40. The van der Waals surface area contributed by atoms with Gasteiger partial charge in [-0.1, -0.05) is 5.16 Å². The molecule has 2 aromatic rings. The molecule has 15 heteroatoms. The summed E-state index contributed by atoms with van der Waals surface area (Å²) in [5, 5.41) is 36.2. The molecule has 5 aliphatic rings. The van der Waals surface area contributed by atoms with Crippen molar-refractivity contribution in [2.75, 3.05) is 46.6 Å². The molecule has 1 aromatic carbocycles. The molecule has 1 atom stereocenters. The minimum atomic E-state index is -2.01. The Morgan fingerprint density at radius 3 is 2.36 bits per heavy atom. The summed E-state index contributed by atoms with van der Waals surface area (Å²) in [6.45, 7) is 3.90. The number of oxime groups is 1. The molecule has 4 N–H and O–H groups in total. The van der Waals surface area contributed by atoms with Gasteiger partial charge >= 0.3 is 0 Å². The molecule has 0 radical (unpaired) electrons. The zero-order valence-electron chi connectivity index (χ0n) is 24.8. The van der Waals surface area contributed by atoms with Gasteiger partial charge in [0.2, 0.25) is 16.3 Å². The third-order valence-electron chi connectivity index (χ3n) is 9.25. The first-order valence-corrected chi connectivity index (χ1v) is 15.4. The normalized spacial score (nSPS) is 19.4. The average Bonchev–Trinajstić information content (AvgIpc) is 3.57. The summed E-state index contributed by atoms with van der Waals surface area (Å²) in [6.07, 6.45) is 1.33. The van der Waals surface area contributed by atoms with Crippen LogP contribution in [0.5, 0.6) is 11.5 Å². The number of nitrogens with one attached hydrogen (secondary N) is 1. The molecule has 0 unspecified atom stereocenters. The van der Waals surface area contributed by atoms with E-state index in [-0.39, 0.29) is 29.5 Å². The van der Waals surface area contributed by atoms with Crippen molar-refractivity contribution in [2.24, 2.45) is 5.16 Å². The molecule has 47 heavy (non-hydrogen) atoms. The van der Waals surface area contributed by atoms with E-state index in [9.17, 15) is 39.3 Å². The Morgan fingerprint density at radius 2 is 1.68 bits per heavy atom. The lowest BCUT2D eigenvalue weighted by Gasteiger charge is -2.27. The van der Waals surface area contributed by atoms with Crippen LogP contribution in [0.3, 0.4) is 0 Å². The number of methoxy groups -OCH3 is 1. The van der Waals surface area contributed by atoms with E-state index in [4.69, 9.17) is 14.3 Å². The quantitative estimate of drug-likeness (QED) is 0.108. The van der Waals surface area contributed by atoms with E-state index in [1.807, 2.05) is 0 Å². The number of phenols is 1. The van der Waals surface area contributed by atoms with Crippen molar-refractivity contribution < 1.29 is 29.6 Å². The molecule has 1 aromatic heterocycles. The van der Waals surface area contributed by atoms with Gasteiger partial charge in [0.1, 0.15) is 29.3 Å². The number of aliphatic hydroxyl groups is 2. The number of benzene rings is 1. The average molecular weight is 708 g/mol. The van der Waals surface area contributed by atoms with Gasteiger partial charge in [0.15, 0.2) is 11.2 Å². The van der Waals surface area contributed by atoms with Crippen LogP contribution in [0.4, 0.5) is 0 Å². The number of aromatic amines is 1. The molecule has 7 rings (SSSR count). The Hall–Kier alpha value is -4.86. The maximum Gasteiger partial charge on any atom is 0.260 e. The highest BCUT2D eigenvalue weighted by molar-refractivity contribution is 9.10. The monoisotopic (exact) mass is 707 g/mol. The zero-order valence-corrected chi connectivity index (χ0v) is 26.4. The molecule has 2 heterocycles. The second kappa shape index (κ2) is 11.1. The van der Waals surface area contributed by atoms with Crippen LogP contribution < -0.4 is 42.4 Å². The van der Waals surface area contributed by atoms with Crippen LogP contribution in [0.25, 0.3) is 22.3 Å². The fourth-order valence-corrected chi connectivity index (χ4v) is 7.73. The fraction of sp³-hybridized carbons (Fsp3) is 0.312. The highest BCUT2D eigenvalue weighted by Gasteiger charge is 2.53. The molecule has 1 aliphatic heterocycles. The Labute approximate surface area is 270 Å². The number of fused-ring (bicyclic) bond motifs is 4. The number of phenolic OH excluding ortho intramolecular Hbond substituents is 1. The predicted octanol–water partition coefficient (Wildman–Crippen LogP) is -1.04. The Morgan fingerprint density at radius 1 is 1.00 bits per heavy atom. The second-order valence-electron chi connectivity index (χ2n) is 11.5. The first-order chi connectivity index (χ1) is 22.5. The first-order valence-electron chi connectivity index (χ1n) is 14.6. The van der Waals surface area contributed by atoms with Crippen molar-refractivity contribution in [1.29, 1.82) is 0 Å². The predicted molar refractivity (Wildman–Crippen MR) is 172 cm³/mol. The molecule has 242 valence electrons. The molecule has 1 spiro atoms. The molecule has 1 fully saturated rings. The van der Waals surface area contributed by atoms with Gasteiger partial charge < -0.3 is 34.6 Å². The number of ether oxygens (including phenoxy) is 2. The Kier molecular flexibility index (Phi) is 7.29. The smallest absolute Gasteiger partial charge is 0.260 e. The summed E-state index contributed by atoms with van der Waals surface area (Å²) in [5.74, 6) is -2.60. The molecule has 1 saturated heterocycles. The number of pyridine rings is 1. The standard InChI is InChI=1S/C32H26BrN3O11/c1-45-17-11-16(37)19-20(25(17)38)27(40)22-21(26(19)39)29(42)32(30(22)43)3-2-14-23(32)28(41)18-15(24(14)33)10-13(35-31(18)44)12-34-47-9-6-36-4-7-46-8-5-36/h10-12,41-43H,2-9H2,1H3,(H,35,44)/t32-/m0/s1. The number of H-pyrrole nitrogens is 1. The molecule has 0 amide bonds. The van der Waals surface area contributed by atoms with E-state index in [1.165, 1.54) is 6.21 Å². The van der Waals surface area contributed by atoms with Gasteiger partial charge in [0, 0.05) is 41.1 Å². The van der Waals surface area contributed by atoms with Crippen molar-refractivity contribution in [1.82, 2.24) is 9.88 Å². The summed E-state index contributed by atoms with van der Waals surface area (Å²) in [4.78, 5) is 76.7. The fourth-order valence-electron chi connectivity index (χ4n) is 7.02. The number of rotatable bonds is 6. The number of hydrogen-bond donors (Lipinski definition) is 4. The van der Waals surface area contributed by atoms with Crippen LogP contribution in [0.15, 0.2) is 45.7 Å². The first kappa shape index (κ1) is 30.8. The Balaban J connectivity index is 1.37. The van der Waals surface area contributed by atoms with Crippen LogP contribution >= 0.6 is 15.9 Å². The van der Waals surface area contributed by atoms with Gasteiger partial charge in [-0.15, -0.1) is 0 Å². The van der Waals surface area contributed by atoms with Gasteiger partial charge in [0.25, 0.3) is 5.56 Å². The van der Waals surface area contributed by atoms with Crippen molar-refractivity contribution in [3.63, 3.8) is 0 Å². The minimum absolute atomic E-state index is 0.0911. The highest BCUT2D eigenvalue weighted by Crippen LogP contribution is 2.56. The summed E-state index contributed by atoms with van der Waals surface area (Å²) in [6, 6.07) is 2.35. The molecular formula is C32H26BrN3O11. The van der Waals surface area contributed by atoms with E-state index in [2.05, 4.69) is 31.0 Å². The van der Waals surface area contributed by atoms with E-state index in [0.29, 0.717) is 41.8 Å². The molecule has 0 bridgehead atoms. The van der Waals surface area contributed by atoms with Crippen LogP contribution in [0.2, 0.25) is 0 Å².